The molecule has 0 aliphatic carbocycles. The lowest BCUT2D eigenvalue weighted by Gasteiger charge is -2.11. The first-order valence-corrected chi connectivity index (χ1v) is 9.04. The summed E-state index contributed by atoms with van der Waals surface area (Å²) in [6.45, 7) is -0.430. The van der Waals surface area contributed by atoms with Gasteiger partial charge in [-0.3, -0.25) is 24.1 Å². The maximum absolute atomic E-state index is 12.4. The third-order valence-electron chi connectivity index (χ3n) is 3.99. The van der Waals surface area contributed by atoms with E-state index in [1.807, 2.05) is 0 Å². The van der Waals surface area contributed by atoms with E-state index in [4.69, 9.17) is 9.84 Å². The molecule has 1 aliphatic heterocycles. The van der Waals surface area contributed by atoms with Gasteiger partial charge >= 0.3 is 5.97 Å². The summed E-state index contributed by atoms with van der Waals surface area (Å²) < 4.78 is 6.27. The van der Waals surface area contributed by atoms with Gasteiger partial charge in [-0.25, -0.2) is 0 Å². The number of aliphatic carboxylic acids is 1. The van der Waals surface area contributed by atoms with E-state index in [2.05, 4.69) is 21.2 Å². The Bertz CT molecular complexity index is 957. The fourth-order valence-electron chi connectivity index (χ4n) is 2.66. The lowest BCUT2D eigenvalue weighted by atomic mass is 10.1. The molecule has 0 atom stereocenters. The van der Waals surface area contributed by atoms with Gasteiger partial charge in [-0.2, -0.15) is 0 Å². The minimum absolute atomic E-state index is 0.127. The summed E-state index contributed by atoms with van der Waals surface area (Å²) in [6, 6.07) is 11.3. The van der Waals surface area contributed by atoms with Crippen molar-refractivity contribution in [2.24, 2.45) is 0 Å². The van der Waals surface area contributed by atoms with Crippen molar-refractivity contribution in [1.29, 1.82) is 0 Å². The number of amides is 3. The number of anilines is 1. The Morgan fingerprint density at radius 3 is 2.39 bits per heavy atom. The highest BCUT2D eigenvalue weighted by molar-refractivity contribution is 9.10. The standard InChI is InChI=1S/C19H15BrN2O6/c20-11-1-4-13(5-2-11)28-10-16(23)21-12-3-6-14-15(9-12)19(27)22(18(14)26)8-7-17(24)25/h1-6,9H,7-8,10H2,(H,21,23)(H,24,25). The summed E-state index contributed by atoms with van der Waals surface area (Å²) in [5.74, 6) is -2.12. The lowest BCUT2D eigenvalue weighted by Crippen LogP contribution is -2.31. The van der Waals surface area contributed by atoms with Crippen LogP contribution in [0.5, 0.6) is 5.75 Å². The van der Waals surface area contributed by atoms with Crippen LogP contribution in [0.4, 0.5) is 5.69 Å². The fourth-order valence-corrected chi connectivity index (χ4v) is 2.92. The Balaban J connectivity index is 1.63. The molecule has 8 nitrogen and oxygen atoms in total. The fraction of sp³-hybridized carbons (Fsp3) is 0.158. The summed E-state index contributed by atoms with van der Waals surface area (Å²) in [5.41, 5.74) is 0.644. The molecule has 0 spiro atoms. The van der Waals surface area contributed by atoms with Crippen LogP contribution in [0.15, 0.2) is 46.9 Å². The Labute approximate surface area is 168 Å². The van der Waals surface area contributed by atoms with Crippen molar-refractivity contribution in [3.05, 3.63) is 58.1 Å². The molecule has 9 heteroatoms. The lowest BCUT2D eigenvalue weighted by molar-refractivity contribution is -0.137. The number of carboxylic acid groups (broad SMARTS) is 1. The third kappa shape index (κ3) is 4.37. The van der Waals surface area contributed by atoms with Gasteiger partial charge in [-0.05, 0) is 42.5 Å². The normalized spacial score (nSPS) is 12.7. The second kappa shape index (κ2) is 8.22. The van der Waals surface area contributed by atoms with Crippen molar-refractivity contribution in [3.63, 3.8) is 0 Å². The summed E-state index contributed by atoms with van der Waals surface area (Å²) in [4.78, 5) is 48.2. The molecule has 0 unspecified atom stereocenters. The van der Waals surface area contributed by atoms with E-state index in [1.165, 1.54) is 18.2 Å². The predicted octanol–water partition coefficient (Wildman–Crippen LogP) is 2.54. The largest absolute Gasteiger partial charge is 0.484 e. The number of nitrogens with zero attached hydrogens (tertiary/aromatic N) is 1. The molecule has 2 aromatic carbocycles. The molecule has 0 saturated carbocycles. The first-order valence-electron chi connectivity index (χ1n) is 8.25. The Hall–Kier alpha value is -3.20. The van der Waals surface area contributed by atoms with Crippen molar-refractivity contribution < 1.29 is 29.0 Å². The number of nitrogens with one attached hydrogen (secondary N) is 1. The SMILES string of the molecule is O=C(O)CCN1C(=O)c2ccc(NC(=O)COc3ccc(Br)cc3)cc2C1=O. The van der Waals surface area contributed by atoms with Gasteiger partial charge in [0.05, 0.1) is 17.5 Å². The van der Waals surface area contributed by atoms with Crippen LogP contribution in [-0.4, -0.2) is 46.8 Å². The van der Waals surface area contributed by atoms with Crippen molar-refractivity contribution in [2.45, 2.75) is 6.42 Å². The molecule has 0 saturated heterocycles. The van der Waals surface area contributed by atoms with E-state index in [-0.39, 0.29) is 30.7 Å². The number of imide groups is 1. The maximum atomic E-state index is 12.4. The highest BCUT2D eigenvalue weighted by Gasteiger charge is 2.35. The summed E-state index contributed by atoms with van der Waals surface area (Å²) in [7, 11) is 0. The molecule has 0 fully saturated rings. The van der Waals surface area contributed by atoms with Gasteiger partial charge in [0.2, 0.25) is 0 Å². The van der Waals surface area contributed by atoms with Crippen LogP contribution in [0.3, 0.4) is 0 Å². The number of rotatable bonds is 7. The highest BCUT2D eigenvalue weighted by atomic mass is 79.9. The molecule has 3 rings (SSSR count). The summed E-state index contributed by atoms with van der Waals surface area (Å²) in [5, 5.41) is 11.3. The zero-order valence-electron chi connectivity index (χ0n) is 14.5. The van der Waals surface area contributed by atoms with E-state index in [0.29, 0.717) is 11.4 Å². The first kappa shape index (κ1) is 19.6. The minimum atomic E-state index is -1.10. The number of carbonyl (C=O) groups excluding carboxylic acids is 3. The van der Waals surface area contributed by atoms with Crippen molar-refractivity contribution >= 4 is 45.3 Å². The van der Waals surface area contributed by atoms with E-state index in [0.717, 1.165) is 9.37 Å². The molecule has 0 radical (unpaired) electrons. The van der Waals surface area contributed by atoms with Crippen LogP contribution < -0.4 is 10.1 Å². The Morgan fingerprint density at radius 2 is 1.71 bits per heavy atom. The zero-order valence-corrected chi connectivity index (χ0v) is 16.1. The van der Waals surface area contributed by atoms with Gasteiger partial charge in [-0.15, -0.1) is 0 Å². The van der Waals surface area contributed by atoms with E-state index >= 15 is 0 Å². The average Bonchev–Trinajstić information content (AvgIpc) is 2.89. The van der Waals surface area contributed by atoms with E-state index in [9.17, 15) is 19.2 Å². The average molecular weight is 447 g/mol. The monoisotopic (exact) mass is 446 g/mol. The number of hydrogen-bond acceptors (Lipinski definition) is 5. The van der Waals surface area contributed by atoms with Crippen LogP contribution in [0, 0.1) is 0 Å². The van der Waals surface area contributed by atoms with Crippen molar-refractivity contribution in [2.75, 3.05) is 18.5 Å². The molecule has 0 bridgehead atoms. The zero-order chi connectivity index (χ0) is 20.3. The summed E-state index contributed by atoms with van der Waals surface area (Å²) in [6.07, 6.45) is -0.331. The molecule has 1 aliphatic rings. The topological polar surface area (TPSA) is 113 Å². The second-order valence-corrected chi connectivity index (χ2v) is 6.87. The third-order valence-corrected chi connectivity index (χ3v) is 4.52. The van der Waals surface area contributed by atoms with Gasteiger partial charge in [0.25, 0.3) is 17.7 Å². The van der Waals surface area contributed by atoms with Crippen LogP contribution in [0.2, 0.25) is 0 Å². The molecule has 28 heavy (non-hydrogen) atoms. The quantitative estimate of drug-likeness (QED) is 0.631. The van der Waals surface area contributed by atoms with Crippen LogP contribution in [0.25, 0.3) is 0 Å². The van der Waals surface area contributed by atoms with E-state index in [1.54, 1.807) is 24.3 Å². The second-order valence-electron chi connectivity index (χ2n) is 5.96. The molecular weight excluding hydrogens is 432 g/mol. The summed E-state index contributed by atoms with van der Waals surface area (Å²) >= 11 is 3.31. The first-order chi connectivity index (χ1) is 13.3. The smallest absolute Gasteiger partial charge is 0.305 e. The van der Waals surface area contributed by atoms with Crippen LogP contribution in [0.1, 0.15) is 27.1 Å². The van der Waals surface area contributed by atoms with Gasteiger partial charge in [0, 0.05) is 16.7 Å². The van der Waals surface area contributed by atoms with Gasteiger partial charge in [0.1, 0.15) is 5.75 Å². The number of carbonyl (C=O) groups is 4. The molecule has 144 valence electrons. The van der Waals surface area contributed by atoms with Gasteiger partial charge < -0.3 is 15.2 Å². The number of fused-ring (bicyclic) bond motifs is 1. The number of hydrogen-bond donors (Lipinski definition) is 2. The molecule has 2 aromatic rings. The molecule has 2 N–H and O–H groups in total. The van der Waals surface area contributed by atoms with Crippen LogP contribution >= 0.6 is 15.9 Å². The van der Waals surface area contributed by atoms with E-state index < -0.39 is 23.7 Å². The van der Waals surface area contributed by atoms with Crippen molar-refractivity contribution in [3.8, 4) is 5.75 Å². The number of halogens is 1. The molecular formula is C19H15BrN2O6. The van der Waals surface area contributed by atoms with Gasteiger partial charge in [0.15, 0.2) is 6.61 Å². The number of carboxylic acids is 1. The van der Waals surface area contributed by atoms with Crippen LogP contribution in [-0.2, 0) is 9.59 Å². The molecule has 1 heterocycles. The molecule has 0 aromatic heterocycles. The maximum Gasteiger partial charge on any atom is 0.305 e. The Kier molecular flexibility index (Phi) is 5.74. The Morgan fingerprint density at radius 1 is 1.04 bits per heavy atom. The number of benzene rings is 2. The highest BCUT2D eigenvalue weighted by Crippen LogP contribution is 2.26. The minimum Gasteiger partial charge on any atom is -0.484 e. The molecule has 3 amide bonds. The van der Waals surface area contributed by atoms with Gasteiger partial charge in [-0.1, -0.05) is 15.9 Å². The van der Waals surface area contributed by atoms with Crippen molar-refractivity contribution in [1.82, 2.24) is 4.90 Å². The predicted molar refractivity (Wildman–Crippen MR) is 102 cm³/mol. The number of ether oxygens (including phenoxy) is 1.